The van der Waals surface area contributed by atoms with E-state index in [1.807, 2.05) is 25.1 Å². The van der Waals surface area contributed by atoms with Crippen LogP contribution in [0.1, 0.15) is 11.1 Å². The van der Waals surface area contributed by atoms with E-state index in [1.54, 1.807) is 32.2 Å². The molecule has 122 valence electrons. The standard InChI is InChI=1S/C17H19NO4S/c1-12-4-6-16-15(10-12)18(8-9-22-16)23(19,20)17-7-5-14(21-3)11-13(17)2/h4-7,10-11H,8-9H2,1-3H3. The van der Waals surface area contributed by atoms with Crippen molar-refractivity contribution in [1.82, 2.24) is 0 Å². The topological polar surface area (TPSA) is 55.8 Å². The fraction of sp³-hybridized carbons (Fsp3) is 0.294. The first-order chi connectivity index (χ1) is 10.9. The molecule has 0 radical (unpaired) electrons. The van der Waals surface area contributed by atoms with Crippen molar-refractivity contribution in [3.8, 4) is 11.5 Å². The second-order valence-corrected chi connectivity index (χ2v) is 7.36. The molecule has 0 fully saturated rings. The second kappa shape index (κ2) is 5.77. The van der Waals surface area contributed by atoms with Gasteiger partial charge in [-0.05, 0) is 55.3 Å². The van der Waals surface area contributed by atoms with Gasteiger partial charge in [0, 0.05) is 0 Å². The van der Waals surface area contributed by atoms with Crippen molar-refractivity contribution < 1.29 is 17.9 Å². The van der Waals surface area contributed by atoms with E-state index in [9.17, 15) is 8.42 Å². The lowest BCUT2D eigenvalue weighted by atomic mass is 10.2. The van der Waals surface area contributed by atoms with Gasteiger partial charge in [-0.1, -0.05) is 6.07 Å². The predicted octanol–water partition coefficient (Wildman–Crippen LogP) is 2.90. The number of sulfonamides is 1. The smallest absolute Gasteiger partial charge is 0.264 e. The maximum absolute atomic E-state index is 13.1. The number of methoxy groups -OCH3 is 1. The molecule has 0 unspecified atom stereocenters. The van der Waals surface area contributed by atoms with Gasteiger partial charge in [0.05, 0.1) is 24.2 Å². The molecule has 0 N–H and O–H groups in total. The zero-order chi connectivity index (χ0) is 16.6. The summed E-state index contributed by atoms with van der Waals surface area (Å²) in [6.45, 7) is 4.33. The Labute approximate surface area is 136 Å². The molecule has 0 saturated carbocycles. The number of hydrogen-bond acceptors (Lipinski definition) is 4. The number of ether oxygens (including phenoxy) is 2. The van der Waals surface area contributed by atoms with Gasteiger partial charge < -0.3 is 9.47 Å². The number of rotatable bonds is 3. The normalized spacial score (nSPS) is 14.1. The maximum Gasteiger partial charge on any atom is 0.264 e. The quantitative estimate of drug-likeness (QED) is 0.867. The van der Waals surface area contributed by atoms with E-state index >= 15 is 0 Å². The van der Waals surface area contributed by atoms with Crippen molar-refractivity contribution in [3.63, 3.8) is 0 Å². The predicted molar refractivity (Wildman–Crippen MR) is 88.9 cm³/mol. The van der Waals surface area contributed by atoms with Gasteiger partial charge in [-0.2, -0.15) is 0 Å². The fourth-order valence-corrected chi connectivity index (χ4v) is 4.37. The average Bonchev–Trinajstić information content (AvgIpc) is 2.53. The van der Waals surface area contributed by atoms with Crippen LogP contribution in [-0.2, 0) is 10.0 Å². The zero-order valence-corrected chi connectivity index (χ0v) is 14.2. The van der Waals surface area contributed by atoms with E-state index in [-0.39, 0.29) is 4.90 Å². The Kier molecular flexibility index (Phi) is 3.93. The Morgan fingerprint density at radius 3 is 2.61 bits per heavy atom. The monoisotopic (exact) mass is 333 g/mol. The lowest BCUT2D eigenvalue weighted by Crippen LogP contribution is -2.38. The number of hydrogen-bond donors (Lipinski definition) is 0. The Balaban J connectivity index is 2.10. The van der Waals surface area contributed by atoms with E-state index in [2.05, 4.69) is 0 Å². The van der Waals surface area contributed by atoms with Crippen LogP contribution < -0.4 is 13.8 Å². The van der Waals surface area contributed by atoms with Crippen LogP contribution in [0.2, 0.25) is 0 Å². The molecule has 1 aliphatic heterocycles. The van der Waals surface area contributed by atoms with Gasteiger partial charge in [0.1, 0.15) is 18.1 Å². The van der Waals surface area contributed by atoms with Crippen molar-refractivity contribution in [2.75, 3.05) is 24.6 Å². The van der Waals surface area contributed by atoms with Crippen LogP contribution in [0.25, 0.3) is 0 Å². The molecule has 1 aliphatic rings. The average molecular weight is 333 g/mol. The lowest BCUT2D eigenvalue weighted by Gasteiger charge is -2.31. The van der Waals surface area contributed by atoms with Gasteiger partial charge in [0.15, 0.2) is 0 Å². The van der Waals surface area contributed by atoms with Gasteiger partial charge in [-0.3, -0.25) is 4.31 Å². The SMILES string of the molecule is COc1ccc(S(=O)(=O)N2CCOc3ccc(C)cc32)c(C)c1. The van der Waals surface area contributed by atoms with Crippen molar-refractivity contribution in [3.05, 3.63) is 47.5 Å². The fourth-order valence-electron chi connectivity index (χ4n) is 2.71. The van der Waals surface area contributed by atoms with Gasteiger partial charge in [0.25, 0.3) is 10.0 Å². The molecule has 0 amide bonds. The molecule has 23 heavy (non-hydrogen) atoms. The highest BCUT2D eigenvalue weighted by Crippen LogP contribution is 2.36. The molecule has 2 aromatic carbocycles. The van der Waals surface area contributed by atoms with Gasteiger partial charge in [-0.25, -0.2) is 8.42 Å². The van der Waals surface area contributed by atoms with Crippen LogP contribution in [0.5, 0.6) is 11.5 Å². The summed E-state index contributed by atoms with van der Waals surface area (Å²) in [6.07, 6.45) is 0. The molecule has 0 spiro atoms. The highest BCUT2D eigenvalue weighted by Gasteiger charge is 2.31. The van der Waals surface area contributed by atoms with Crippen LogP contribution in [0.15, 0.2) is 41.3 Å². The molecule has 1 heterocycles. The third-order valence-electron chi connectivity index (χ3n) is 3.89. The van der Waals surface area contributed by atoms with Gasteiger partial charge >= 0.3 is 0 Å². The molecule has 2 aromatic rings. The van der Waals surface area contributed by atoms with Crippen molar-refractivity contribution in [2.45, 2.75) is 18.7 Å². The summed E-state index contributed by atoms with van der Waals surface area (Å²) in [6, 6.07) is 10.5. The van der Waals surface area contributed by atoms with Crippen LogP contribution in [0.3, 0.4) is 0 Å². The summed E-state index contributed by atoms with van der Waals surface area (Å²) < 4.78 is 38.4. The van der Waals surface area contributed by atoms with Crippen molar-refractivity contribution >= 4 is 15.7 Å². The molecular weight excluding hydrogens is 314 g/mol. The van der Waals surface area contributed by atoms with Crippen molar-refractivity contribution in [1.29, 1.82) is 0 Å². The van der Waals surface area contributed by atoms with Crippen LogP contribution in [0, 0.1) is 13.8 Å². The Bertz CT molecular complexity index is 846. The zero-order valence-electron chi connectivity index (χ0n) is 13.4. The minimum absolute atomic E-state index is 0.285. The highest BCUT2D eigenvalue weighted by molar-refractivity contribution is 7.92. The minimum Gasteiger partial charge on any atom is -0.497 e. The molecule has 0 atom stereocenters. The van der Waals surface area contributed by atoms with Gasteiger partial charge in [-0.15, -0.1) is 0 Å². The number of benzene rings is 2. The molecule has 0 aliphatic carbocycles. The van der Waals surface area contributed by atoms with E-state index in [0.717, 1.165) is 5.56 Å². The lowest BCUT2D eigenvalue weighted by molar-refractivity contribution is 0.315. The highest BCUT2D eigenvalue weighted by atomic mass is 32.2. The molecule has 6 heteroatoms. The Morgan fingerprint density at radius 2 is 1.91 bits per heavy atom. The minimum atomic E-state index is -3.65. The first kappa shape index (κ1) is 15.7. The van der Waals surface area contributed by atoms with Crippen LogP contribution >= 0.6 is 0 Å². The largest absolute Gasteiger partial charge is 0.497 e. The van der Waals surface area contributed by atoms with Crippen molar-refractivity contribution in [2.24, 2.45) is 0 Å². The number of aryl methyl sites for hydroxylation is 2. The summed E-state index contributed by atoms with van der Waals surface area (Å²) >= 11 is 0. The summed E-state index contributed by atoms with van der Waals surface area (Å²) in [4.78, 5) is 0.285. The number of fused-ring (bicyclic) bond motifs is 1. The summed E-state index contributed by atoms with van der Waals surface area (Å²) in [5.41, 5.74) is 2.23. The van der Waals surface area contributed by atoms with E-state index in [1.165, 1.54) is 4.31 Å². The third-order valence-corrected chi connectivity index (χ3v) is 5.86. The third kappa shape index (κ3) is 2.74. The molecule has 3 rings (SSSR count). The second-order valence-electron chi connectivity index (χ2n) is 5.53. The summed E-state index contributed by atoms with van der Waals surface area (Å²) in [5.74, 6) is 1.23. The van der Waals surface area contributed by atoms with E-state index in [4.69, 9.17) is 9.47 Å². The summed E-state index contributed by atoms with van der Waals surface area (Å²) in [7, 11) is -2.09. The van der Waals surface area contributed by atoms with E-state index < -0.39 is 10.0 Å². The Morgan fingerprint density at radius 1 is 1.13 bits per heavy atom. The Hall–Kier alpha value is -2.21. The van der Waals surface area contributed by atoms with Gasteiger partial charge in [0.2, 0.25) is 0 Å². The molecule has 0 saturated heterocycles. The number of nitrogens with zero attached hydrogens (tertiary/aromatic N) is 1. The summed E-state index contributed by atoms with van der Waals surface area (Å²) in [5, 5.41) is 0. The molecule has 5 nitrogen and oxygen atoms in total. The molecule has 0 aromatic heterocycles. The first-order valence-corrected chi connectivity index (χ1v) is 8.78. The van der Waals surface area contributed by atoms with Crippen LogP contribution in [0.4, 0.5) is 5.69 Å². The number of anilines is 1. The van der Waals surface area contributed by atoms with E-state index in [0.29, 0.717) is 35.9 Å². The maximum atomic E-state index is 13.1. The first-order valence-electron chi connectivity index (χ1n) is 7.34. The molecule has 0 bridgehead atoms. The van der Waals surface area contributed by atoms with Crippen LogP contribution in [-0.4, -0.2) is 28.7 Å². The molecular formula is C17H19NO4S.